The molecule has 39 heavy (non-hydrogen) atoms. The van der Waals surface area contributed by atoms with Gasteiger partial charge in [-0.05, 0) is 71.5 Å². The summed E-state index contributed by atoms with van der Waals surface area (Å²) in [6.45, 7) is 12.6. The molecular weight excluding hydrogens is 476 g/mol. The van der Waals surface area contributed by atoms with Gasteiger partial charge in [0.2, 0.25) is 0 Å². The summed E-state index contributed by atoms with van der Waals surface area (Å²) in [4.78, 5) is 0. The van der Waals surface area contributed by atoms with Crippen molar-refractivity contribution in [3.8, 4) is 22.6 Å². The molecule has 0 aliphatic heterocycles. The van der Waals surface area contributed by atoms with Crippen LogP contribution in [-0.2, 0) is 5.41 Å². The second kappa shape index (κ2) is 11.4. The number of hydrogen-bond acceptors (Lipinski definition) is 2. The molecule has 4 aromatic carbocycles. The van der Waals surface area contributed by atoms with Crippen LogP contribution in [-0.4, -0.2) is 13.2 Å². The Kier molecular flexibility index (Phi) is 7.65. The van der Waals surface area contributed by atoms with Crippen molar-refractivity contribution in [3.05, 3.63) is 156 Å². The molecule has 0 fully saturated rings. The lowest BCUT2D eigenvalue weighted by Gasteiger charge is -2.34. The van der Waals surface area contributed by atoms with Crippen molar-refractivity contribution in [2.24, 2.45) is 0 Å². The Morgan fingerprint density at radius 1 is 0.615 bits per heavy atom. The second-order valence-electron chi connectivity index (χ2n) is 9.55. The predicted octanol–water partition coefficient (Wildman–Crippen LogP) is 9.25. The van der Waals surface area contributed by atoms with E-state index in [-0.39, 0.29) is 0 Å². The monoisotopic (exact) mass is 510 g/mol. The smallest absolute Gasteiger partial charge is 0.127 e. The molecule has 4 aromatic rings. The Hall–Kier alpha value is -4.56. The normalized spacial score (nSPS) is 13.3. The zero-order valence-electron chi connectivity index (χ0n) is 22.7. The van der Waals surface area contributed by atoms with E-state index in [0.29, 0.717) is 13.2 Å². The quantitative estimate of drug-likeness (QED) is 0.174. The van der Waals surface area contributed by atoms with E-state index in [9.17, 15) is 0 Å². The van der Waals surface area contributed by atoms with Gasteiger partial charge >= 0.3 is 0 Å². The fraction of sp³-hybridized carbons (Fsp3) is 0.135. The van der Waals surface area contributed by atoms with Crippen molar-refractivity contribution in [2.75, 3.05) is 13.2 Å². The molecule has 0 radical (unpaired) electrons. The van der Waals surface area contributed by atoms with Gasteiger partial charge in [-0.1, -0.05) is 110 Å². The molecule has 194 valence electrons. The van der Waals surface area contributed by atoms with Gasteiger partial charge in [-0.3, -0.25) is 0 Å². The van der Waals surface area contributed by atoms with Crippen molar-refractivity contribution in [2.45, 2.75) is 19.3 Å². The Bertz CT molecular complexity index is 1450. The summed E-state index contributed by atoms with van der Waals surface area (Å²) in [5, 5.41) is 0. The van der Waals surface area contributed by atoms with Crippen LogP contribution < -0.4 is 9.47 Å². The third-order valence-corrected chi connectivity index (χ3v) is 7.24. The van der Waals surface area contributed by atoms with Crippen LogP contribution in [0.5, 0.6) is 11.5 Å². The van der Waals surface area contributed by atoms with Gasteiger partial charge in [0.05, 0.1) is 5.41 Å². The summed E-state index contributed by atoms with van der Waals surface area (Å²) < 4.78 is 12.1. The number of allylic oxidation sites excluding steroid dienone is 2. The zero-order chi connectivity index (χ0) is 27.2. The molecule has 0 saturated carbocycles. The van der Waals surface area contributed by atoms with Crippen molar-refractivity contribution < 1.29 is 9.47 Å². The maximum absolute atomic E-state index is 6.04. The Balaban J connectivity index is 1.85. The third kappa shape index (κ3) is 4.53. The summed E-state index contributed by atoms with van der Waals surface area (Å²) in [5.74, 6) is 1.68. The average molecular weight is 511 g/mol. The highest BCUT2D eigenvalue weighted by atomic mass is 16.5. The fourth-order valence-electron chi connectivity index (χ4n) is 5.77. The summed E-state index contributed by atoms with van der Waals surface area (Å²) in [5.41, 5.74) is 8.98. The highest BCUT2D eigenvalue weighted by Gasteiger charge is 2.46. The third-order valence-electron chi connectivity index (χ3n) is 7.24. The molecule has 0 heterocycles. The van der Waals surface area contributed by atoms with Gasteiger partial charge < -0.3 is 9.47 Å². The van der Waals surface area contributed by atoms with Crippen LogP contribution in [0.1, 0.15) is 47.2 Å². The van der Waals surface area contributed by atoms with E-state index in [0.717, 1.165) is 22.6 Å². The molecule has 0 atom stereocenters. The van der Waals surface area contributed by atoms with Gasteiger partial charge in [-0.15, -0.1) is 0 Å². The van der Waals surface area contributed by atoms with E-state index >= 15 is 0 Å². The Labute approximate surface area is 232 Å². The van der Waals surface area contributed by atoms with Gasteiger partial charge in [0, 0.05) is 11.1 Å². The summed E-state index contributed by atoms with van der Waals surface area (Å²) >= 11 is 0. The molecular formula is C37H34O2. The first-order valence-electron chi connectivity index (χ1n) is 13.4. The summed E-state index contributed by atoms with van der Waals surface area (Å²) in [7, 11) is 0. The lowest BCUT2D eigenvalue weighted by Crippen LogP contribution is -2.29. The SMILES string of the molecule is C=CCOc1ccc(C2(c3ccc(OCC=C)c(C=CC)c3)c3ccccc3-c3ccccc32)cc1C=CC. The molecule has 0 N–H and O–H groups in total. The molecule has 0 amide bonds. The predicted molar refractivity (Wildman–Crippen MR) is 165 cm³/mol. The van der Waals surface area contributed by atoms with Crippen molar-refractivity contribution in [1.29, 1.82) is 0 Å². The van der Waals surface area contributed by atoms with E-state index in [1.807, 2.05) is 13.8 Å². The molecule has 0 saturated heterocycles. The van der Waals surface area contributed by atoms with Crippen LogP contribution in [0.3, 0.4) is 0 Å². The first-order valence-corrected chi connectivity index (χ1v) is 13.4. The molecule has 2 heteroatoms. The Morgan fingerprint density at radius 3 is 1.46 bits per heavy atom. The number of fused-ring (bicyclic) bond motifs is 3. The van der Waals surface area contributed by atoms with Crippen LogP contribution in [0.4, 0.5) is 0 Å². The maximum Gasteiger partial charge on any atom is 0.127 e. The van der Waals surface area contributed by atoms with Gasteiger partial charge in [-0.25, -0.2) is 0 Å². The lowest BCUT2D eigenvalue weighted by molar-refractivity contribution is 0.362. The van der Waals surface area contributed by atoms with Crippen molar-refractivity contribution in [1.82, 2.24) is 0 Å². The van der Waals surface area contributed by atoms with Crippen LogP contribution in [0, 0.1) is 0 Å². The fourth-order valence-corrected chi connectivity index (χ4v) is 5.77. The highest BCUT2D eigenvalue weighted by Crippen LogP contribution is 2.56. The molecule has 1 aliphatic rings. The van der Waals surface area contributed by atoms with Crippen LogP contribution in [0.25, 0.3) is 23.3 Å². The molecule has 0 aromatic heterocycles. The second-order valence-corrected chi connectivity index (χ2v) is 9.55. The summed E-state index contributed by atoms with van der Waals surface area (Å²) in [6.07, 6.45) is 11.9. The lowest BCUT2D eigenvalue weighted by atomic mass is 9.67. The number of ether oxygens (including phenoxy) is 2. The molecule has 0 bridgehead atoms. The first-order chi connectivity index (χ1) is 19.2. The largest absolute Gasteiger partial charge is 0.489 e. The van der Waals surface area contributed by atoms with Gasteiger partial charge in [0.15, 0.2) is 0 Å². The number of benzene rings is 4. The van der Waals surface area contributed by atoms with E-state index in [4.69, 9.17) is 9.47 Å². The molecule has 0 spiro atoms. The molecule has 1 aliphatic carbocycles. The van der Waals surface area contributed by atoms with E-state index in [2.05, 4.69) is 122 Å². The van der Waals surface area contributed by atoms with Gasteiger partial charge in [-0.2, -0.15) is 0 Å². The molecule has 5 rings (SSSR count). The molecule has 2 nitrogen and oxygen atoms in total. The number of hydrogen-bond donors (Lipinski definition) is 0. The van der Waals surface area contributed by atoms with Crippen LogP contribution in [0.2, 0.25) is 0 Å². The van der Waals surface area contributed by atoms with Crippen LogP contribution in [0.15, 0.2) is 122 Å². The average Bonchev–Trinajstić information content (AvgIpc) is 3.27. The van der Waals surface area contributed by atoms with E-state index < -0.39 is 5.41 Å². The first kappa shape index (κ1) is 26.1. The zero-order valence-corrected chi connectivity index (χ0v) is 22.7. The van der Waals surface area contributed by atoms with Crippen LogP contribution >= 0.6 is 0 Å². The maximum atomic E-state index is 6.04. The topological polar surface area (TPSA) is 18.5 Å². The summed E-state index contributed by atoms with van der Waals surface area (Å²) in [6, 6.07) is 30.7. The van der Waals surface area contributed by atoms with Crippen molar-refractivity contribution in [3.63, 3.8) is 0 Å². The van der Waals surface area contributed by atoms with Gasteiger partial charge in [0.25, 0.3) is 0 Å². The highest BCUT2D eigenvalue weighted by molar-refractivity contribution is 5.87. The number of rotatable bonds is 10. The van der Waals surface area contributed by atoms with E-state index in [1.165, 1.54) is 33.4 Å². The standard InChI is InChI=1S/C37H34O2/c1-5-13-27-25-29(19-21-35(27)38-23-7-3)37(30-20-22-36(39-24-8-4)28(26-30)14-6-2)33-17-11-9-15-31(33)32-16-10-12-18-34(32)37/h5-22,25-26H,3-4,23-24H2,1-2H3. The van der Waals surface area contributed by atoms with E-state index in [1.54, 1.807) is 12.2 Å². The minimum absolute atomic E-state index is 0.458. The van der Waals surface area contributed by atoms with Gasteiger partial charge in [0.1, 0.15) is 24.7 Å². The van der Waals surface area contributed by atoms with Crippen molar-refractivity contribution >= 4 is 12.2 Å². The Morgan fingerprint density at radius 2 is 1.05 bits per heavy atom. The minimum Gasteiger partial charge on any atom is -0.489 e. The minimum atomic E-state index is -0.520. The molecule has 0 unspecified atom stereocenters.